The molecule has 0 saturated carbocycles. The molecule has 1 unspecified atom stereocenters. The van der Waals surface area contributed by atoms with Gasteiger partial charge in [-0.25, -0.2) is 0 Å². The molecule has 0 aliphatic rings. The Morgan fingerprint density at radius 1 is 1.12 bits per heavy atom. The average molecular weight is 244 g/mol. The van der Waals surface area contributed by atoms with Crippen molar-refractivity contribution in [2.45, 2.75) is 57.9 Å². The van der Waals surface area contributed by atoms with Gasteiger partial charge in [-0.05, 0) is 27.4 Å². The first-order chi connectivity index (χ1) is 8.04. The fraction of sp³-hybridized carbons (Fsp3) is 1.00. The average Bonchev–Trinajstić information content (AvgIpc) is 2.28. The smallest absolute Gasteiger partial charge is 0.0610 e. The number of hydrogen-bond acceptors (Lipinski definition) is 3. The molecular weight excluding hydrogens is 212 g/mol. The lowest BCUT2D eigenvalue weighted by atomic mass is 9.94. The number of unbranched alkanes of at least 4 members (excludes halogenated alkanes) is 4. The zero-order valence-corrected chi connectivity index (χ0v) is 12.3. The van der Waals surface area contributed by atoms with Crippen molar-refractivity contribution in [1.82, 2.24) is 10.2 Å². The van der Waals surface area contributed by atoms with Crippen LogP contribution in [0.1, 0.15) is 52.4 Å². The molecule has 0 rings (SSSR count). The van der Waals surface area contributed by atoms with Gasteiger partial charge in [0.2, 0.25) is 0 Å². The van der Waals surface area contributed by atoms with Gasteiger partial charge in [-0.15, -0.1) is 0 Å². The summed E-state index contributed by atoms with van der Waals surface area (Å²) in [7, 11) is 4.14. The number of nitrogens with one attached hydrogen (secondary N) is 1. The van der Waals surface area contributed by atoms with Gasteiger partial charge in [-0.2, -0.15) is 0 Å². The van der Waals surface area contributed by atoms with Gasteiger partial charge in [0.1, 0.15) is 0 Å². The predicted octanol–water partition coefficient (Wildman–Crippen LogP) is 2.25. The summed E-state index contributed by atoms with van der Waals surface area (Å²) in [4.78, 5) is 2.16. The zero-order valence-electron chi connectivity index (χ0n) is 12.3. The van der Waals surface area contributed by atoms with Gasteiger partial charge in [-0.3, -0.25) is 0 Å². The van der Waals surface area contributed by atoms with Crippen molar-refractivity contribution in [3.63, 3.8) is 0 Å². The van der Waals surface area contributed by atoms with Gasteiger partial charge in [0.25, 0.3) is 0 Å². The van der Waals surface area contributed by atoms with Crippen LogP contribution in [-0.4, -0.2) is 49.3 Å². The maximum Gasteiger partial charge on any atom is 0.0610 e. The predicted molar refractivity (Wildman–Crippen MR) is 75.4 cm³/mol. The van der Waals surface area contributed by atoms with Crippen molar-refractivity contribution in [3.8, 4) is 0 Å². The second kappa shape index (κ2) is 9.86. The van der Waals surface area contributed by atoms with Crippen LogP contribution in [0.2, 0.25) is 0 Å². The molecule has 1 atom stereocenters. The number of aliphatic hydroxyl groups excluding tert-OH is 1. The fourth-order valence-corrected chi connectivity index (χ4v) is 1.92. The first-order valence-electron chi connectivity index (χ1n) is 7.04. The molecule has 3 heteroatoms. The van der Waals surface area contributed by atoms with E-state index in [1.807, 2.05) is 0 Å². The first-order valence-corrected chi connectivity index (χ1v) is 7.04. The molecule has 3 nitrogen and oxygen atoms in total. The summed E-state index contributed by atoms with van der Waals surface area (Å²) in [5.74, 6) is 0. The number of likely N-dealkylation sites (N-methyl/N-ethyl adjacent to an activating group) is 1. The maximum atomic E-state index is 9.48. The highest BCUT2D eigenvalue weighted by Crippen LogP contribution is 2.15. The van der Waals surface area contributed by atoms with E-state index >= 15 is 0 Å². The second-order valence-electron chi connectivity index (χ2n) is 5.61. The summed E-state index contributed by atoms with van der Waals surface area (Å²) in [6, 6.07) is 0. The Morgan fingerprint density at radius 3 is 2.29 bits per heavy atom. The van der Waals surface area contributed by atoms with E-state index in [0.29, 0.717) is 0 Å². The van der Waals surface area contributed by atoms with Crippen LogP contribution in [0.3, 0.4) is 0 Å². The van der Waals surface area contributed by atoms with Crippen LogP contribution in [0.25, 0.3) is 0 Å². The molecule has 2 N–H and O–H groups in total. The Bertz CT molecular complexity index is 174. The van der Waals surface area contributed by atoms with Crippen LogP contribution in [0.4, 0.5) is 0 Å². The van der Waals surface area contributed by atoms with E-state index in [1.165, 1.54) is 32.1 Å². The summed E-state index contributed by atoms with van der Waals surface area (Å²) >= 11 is 0. The van der Waals surface area contributed by atoms with Gasteiger partial charge in [-0.1, -0.05) is 39.0 Å². The third-order valence-corrected chi connectivity index (χ3v) is 3.29. The number of nitrogens with zero attached hydrogens (tertiary/aromatic N) is 1. The normalized spacial score (nSPS) is 15.2. The molecule has 0 saturated heterocycles. The van der Waals surface area contributed by atoms with Gasteiger partial charge in [0.15, 0.2) is 0 Å². The molecule has 0 bridgehead atoms. The lowest BCUT2D eigenvalue weighted by molar-refractivity contribution is 0.159. The van der Waals surface area contributed by atoms with E-state index in [2.05, 4.69) is 38.2 Å². The van der Waals surface area contributed by atoms with Crippen LogP contribution in [0.5, 0.6) is 0 Å². The SMILES string of the molecule is CCCCCCCC(C)(CO)NCCN(C)C. The van der Waals surface area contributed by atoms with E-state index in [1.54, 1.807) is 0 Å². The Hall–Kier alpha value is -0.120. The topological polar surface area (TPSA) is 35.5 Å². The molecule has 0 aromatic carbocycles. The van der Waals surface area contributed by atoms with Crippen LogP contribution >= 0.6 is 0 Å². The molecule has 0 aromatic rings. The zero-order chi connectivity index (χ0) is 13.1. The third kappa shape index (κ3) is 9.57. The molecule has 0 aliphatic heterocycles. The molecule has 0 spiro atoms. The molecule has 17 heavy (non-hydrogen) atoms. The quantitative estimate of drug-likeness (QED) is 0.547. The fourth-order valence-electron chi connectivity index (χ4n) is 1.92. The highest BCUT2D eigenvalue weighted by atomic mass is 16.3. The van der Waals surface area contributed by atoms with E-state index in [4.69, 9.17) is 0 Å². The molecule has 0 aromatic heterocycles. The Morgan fingerprint density at radius 2 is 1.76 bits per heavy atom. The summed E-state index contributed by atoms with van der Waals surface area (Å²) in [5, 5.41) is 13.0. The third-order valence-electron chi connectivity index (χ3n) is 3.29. The highest BCUT2D eigenvalue weighted by molar-refractivity contribution is 4.82. The summed E-state index contributed by atoms with van der Waals surface area (Å²) < 4.78 is 0. The van der Waals surface area contributed by atoms with Gasteiger partial charge < -0.3 is 15.3 Å². The molecule has 0 heterocycles. The van der Waals surface area contributed by atoms with Crippen molar-refractivity contribution in [2.24, 2.45) is 0 Å². The second-order valence-corrected chi connectivity index (χ2v) is 5.61. The minimum atomic E-state index is -0.0950. The summed E-state index contributed by atoms with van der Waals surface area (Å²) in [6.07, 6.45) is 7.53. The van der Waals surface area contributed by atoms with Gasteiger partial charge in [0, 0.05) is 18.6 Å². The van der Waals surface area contributed by atoms with Crippen LogP contribution in [-0.2, 0) is 0 Å². The van der Waals surface area contributed by atoms with Crippen molar-refractivity contribution >= 4 is 0 Å². The van der Waals surface area contributed by atoms with E-state index in [-0.39, 0.29) is 12.1 Å². The standard InChI is InChI=1S/C14H32N2O/c1-5-6-7-8-9-10-14(2,13-17)15-11-12-16(3)4/h15,17H,5-13H2,1-4H3. The van der Waals surface area contributed by atoms with E-state index in [9.17, 15) is 5.11 Å². The minimum Gasteiger partial charge on any atom is -0.394 e. The van der Waals surface area contributed by atoms with Crippen molar-refractivity contribution < 1.29 is 5.11 Å². The number of aliphatic hydroxyl groups is 1. The molecular formula is C14H32N2O. The molecule has 0 fully saturated rings. The van der Waals surface area contributed by atoms with Crippen LogP contribution in [0.15, 0.2) is 0 Å². The van der Waals surface area contributed by atoms with E-state index < -0.39 is 0 Å². The lowest BCUT2D eigenvalue weighted by Crippen LogP contribution is -2.48. The van der Waals surface area contributed by atoms with Crippen molar-refractivity contribution in [3.05, 3.63) is 0 Å². The highest BCUT2D eigenvalue weighted by Gasteiger charge is 2.21. The number of rotatable bonds is 11. The summed E-state index contributed by atoms with van der Waals surface area (Å²) in [5.41, 5.74) is -0.0950. The minimum absolute atomic E-state index is 0.0950. The van der Waals surface area contributed by atoms with Gasteiger partial charge >= 0.3 is 0 Å². The van der Waals surface area contributed by atoms with Gasteiger partial charge in [0.05, 0.1) is 6.61 Å². The van der Waals surface area contributed by atoms with Crippen molar-refractivity contribution in [1.29, 1.82) is 0 Å². The Kier molecular flexibility index (Phi) is 9.79. The monoisotopic (exact) mass is 244 g/mol. The van der Waals surface area contributed by atoms with Crippen LogP contribution < -0.4 is 5.32 Å². The molecule has 0 amide bonds. The largest absolute Gasteiger partial charge is 0.394 e. The maximum absolute atomic E-state index is 9.48. The first kappa shape index (κ1) is 16.9. The van der Waals surface area contributed by atoms with Crippen LogP contribution in [0, 0.1) is 0 Å². The van der Waals surface area contributed by atoms with E-state index in [0.717, 1.165) is 19.5 Å². The Labute approximate surface area is 108 Å². The Balaban J connectivity index is 3.69. The molecule has 0 aliphatic carbocycles. The number of hydrogen-bond donors (Lipinski definition) is 2. The van der Waals surface area contributed by atoms with Crippen molar-refractivity contribution in [2.75, 3.05) is 33.8 Å². The molecule has 0 radical (unpaired) electrons. The lowest BCUT2D eigenvalue weighted by Gasteiger charge is -2.29. The summed E-state index contributed by atoms with van der Waals surface area (Å²) in [6.45, 7) is 6.56. The molecule has 104 valence electrons.